The summed E-state index contributed by atoms with van der Waals surface area (Å²) < 4.78 is 10.2. The summed E-state index contributed by atoms with van der Waals surface area (Å²) in [6.07, 6.45) is 0.645. The van der Waals surface area contributed by atoms with E-state index in [0.29, 0.717) is 18.3 Å². The van der Waals surface area contributed by atoms with E-state index in [1.54, 1.807) is 4.90 Å². The highest BCUT2D eigenvalue weighted by molar-refractivity contribution is 5.72. The minimum atomic E-state index is -0.273. The Morgan fingerprint density at radius 1 is 1.32 bits per heavy atom. The molecule has 0 saturated carbocycles. The molecule has 0 aliphatic rings. The molecule has 0 fully saturated rings. The van der Waals surface area contributed by atoms with Gasteiger partial charge >= 0.3 is 5.97 Å². The Labute approximate surface area is 130 Å². The highest BCUT2D eigenvalue weighted by atomic mass is 16.6. The van der Waals surface area contributed by atoms with Gasteiger partial charge in [0.05, 0.1) is 5.92 Å². The van der Waals surface area contributed by atoms with Gasteiger partial charge in [-0.3, -0.25) is 4.79 Å². The molecule has 0 saturated heterocycles. The third-order valence-electron chi connectivity index (χ3n) is 3.26. The van der Waals surface area contributed by atoms with Crippen molar-refractivity contribution in [3.8, 4) is 0 Å². The molecular formula is C16H21N3O3. The van der Waals surface area contributed by atoms with Crippen LogP contribution in [0.2, 0.25) is 0 Å². The van der Waals surface area contributed by atoms with Gasteiger partial charge in [0.25, 0.3) is 11.8 Å². The molecule has 6 heteroatoms. The van der Waals surface area contributed by atoms with Crippen LogP contribution in [0.15, 0.2) is 28.8 Å². The molecule has 2 rings (SSSR count). The second-order valence-corrected chi connectivity index (χ2v) is 5.58. The maximum Gasteiger partial charge on any atom is 0.309 e. The minimum absolute atomic E-state index is 0.00207. The Morgan fingerprint density at radius 3 is 2.59 bits per heavy atom. The minimum Gasteiger partial charge on any atom is -0.455 e. The molecule has 0 unspecified atom stereocenters. The van der Waals surface area contributed by atoms with Gasteiger partial charge in [0.2, 0.25) is 0 Å². The topological polar surface area (TPSA) is 68.5 Å². The summed E-state index contributed by atoms with van der Waals surface area (Å²) in [6.45, 7) is 3.88. The molecule has 22 heavy (non-hydrogen) atoms. The summed E-state index contributed by atoms with van der Waals surface area (Å²) >= 11 is 0. The Morgan fingerprint density at radius 2 is 2.00 bits per heavy atom. The smallest absolute Gasteiger partial charge is 0.309 e. The predicted octanol–water partition coefficient (Wildman–Crippen LogP) is 2.37. The van der Waals surface area contributed by atoms with Crippen molar-refractivity contribution < 1.29 is 14.1 Å². The van der Waals surface area contributed by atoms with E-state index in [1.807, 2.05) is 52.2 Å². The standard InChI is InChI=1S/C16H21N3O3/c1-11-5-7-13(8-6-11)9-12(2)15(20)21-10-14-17-16(18-22-14)19(3)4/h5-8,12H,9-10H2,1-4H3/t12-/m1/s1. The molecule has 118 valence electrons. The lowest BCUT2D eigenvalue weighted by Gasteiger charge is -2.10. The quantitative estimate of drug-likeness (QED) is 0.763. The third-order valence-corrected chi connectivity index (χ3v) is 3.26. The first-order valence-corrected chi connectivity index (χ1v) is 7.18. The summed E-state index contributed by atoms with van der Waals surface area (Å²) in [5.74, 6) is 0.252. The van der Waals surface area contributed by atoms with Gasteiger partial charge in [0, 0.05) is 14.1 Å². The van der Waals surface area contributed by atoms with Crippen molar-refractivity contribution in [1.29, 1.82) is 0 Å². The van der Waals surface area contributed by atoms with Crippen LogP contribution in [-0.2, 0) is 22.6 Å². The van der Waals surface area contributed by atoms with Gasteiger partial charge in [-0.2, -0.15) is 4.98 Å². The van der Waals surface area contributed by atoms with Crippen LogP contribution in [0.4, 0.5) is 5.95 Å². The highest BCUT2D eigenvalue weighted by Gasteiger charge is 2.17. The van der Waals surface area contributed by atoms with Crippen molar-refractivity contribution >= 4 is 11.9 Å². The second-order valence-electron chi connectivity index (χ2n) is 5.58. The zero-order chi connectivity index (χ0) is 16.1. The SMILES string of the molecule is Cc1ccc(C[C@@H](C)C(=O)OCc2nc(N(C)C)no2)cc1. The van der Waals surface area contributed by atoms with Crippen LogP contribution in [0.5, 0.6) is 0 Å². The van der Waals surface area contributed by atoms with Gasteiger partial charge < -0.3 is 14.2 Å². The largest absolute Gasteiger partial charge is 0.455 e. The van der Waals surface area contributed by atoms with Crippen molar-refractivity contribution in [2.45, 2.75) is 26.9 Å². The molecule has 0 spiro atoms. The van der Waals surface area contributed by atoms with Gasteiger partial charge in [0.1, 0.15) is 0 Å². The summed E-state index contributed by atoms with van der Waals surface area (Å²) in [7, 11) is 3.62. The number of aryl methyl sites for hydroxylation is 1. The molecule has 6 nitrogen and oxygen atoms in total. The van der Waals surface area contributed by atoms with Crippen LogP contribution in [0.1, 0.15) is 23.9 Å². The lowest BCUT2D eigenvalue weighted by atomic mass is 10.0. The Hall–Kier alpha value is -2.37. The fourth-order valence-corrected chi connectivity index (χ4v) is 1.92. The first-order chi connectivity index (χ1) is 10.5. The number of carbonyl (C=O) groups excluding carboxylic acids is 1. The zero-order valence-electron chi connectivity index (χ0n) is 13.4. The van der Waals surface area contributed by atoms with Gasteiger partial charge in [-0.15, -0.1) is 0 Å². The zero-order valence-corrected chi connectivity index (χ0v) is 13.4. The van der Waals surface area contributed by atoms with Crippen molar-refractivity contribution in [2.24, 2.45) is 5.92 Å². The van der Waals surface area contributed by atoms with Crippen molar-refractivity contribution in [2.75, 3.05) is 19.0 Å². The predicted molar refractivity (Wildman–Crippen MR) is 82.5 cm³/mol. The number of hydrogen-bond acceptors (Lipinski definition) is 6. The first-order valence-electron chi connectivity index (χ1n) is 7.18. The van der Waals surface area contributed by atoms with Gasteiger partial charge in [0.15, 0.2) is 6.61 Å². The monoisotopic (exact) mass is 303 g/mol. The van der Waals surface area contributed by atoms with E-state index < -0.39 is 0 Å². The van der Waals surface area contributed by atoms with Crippen molar-refractivity contribution in [1.82, 2.24) is 10.1 Å². The van der Waals surface area contributed by atoms with E-state index >= 15 is 0 Å². The van der Waals surface area contributed by atoms with Crippen LogP contribution in [0.3, 0.4) is 0 Å². The lowest BCUT2D eigenvalue weighted by Crippen LogP contribution is -2.17. The molecule has 1 aromatic heterocycles. The highest BCUT2D eigenvalue weighted by Crippen LogP contribution is 2.13. The van der Waals surface area contributed by atoms with Crippen molar-refractivity contribution in [3.05, 3.63) is 41.3 Å². The maximum absolute atomic E-state index is 12.0. The van der Waals surface area contributed by atoms with E-state index in [9.17, 15) is 4.79 Å². The van der Waals surface area contributed by atoms with E-state index in [1.165, 1.54) is 5.56 Å². The molecule has 0 N–H and O–H groups in total. The second kappa shape index (κ2) is 7.06. The van der Waals surface area contributed by atoms with Gasteiger partial charge in [-0.25, -0.2) is 0 Å². The number of ether oxygens (including phenoxy) is 1. The average Bonchev–Trinajstić information content (AvgIpc) is 2.96. The summed E-state index contributed by atoms with van der Waals surface area (Å²) in [6, 6.07) is 8.13. The fraction of sp³-hybridized carbons (Fsp3) is 0.438. The van der Waals surface area contributed by atoms with E-state index in [-0.39, 0.29) is 18.5 Å². The molecule has 0 bridgehead atoms. The van der Waals surface area contributed by atoms with E-state index in [4.69, 9.17) is 9.26 Å². The maximum atomic E-state index is 12.0. The fourth-order valence-electron chi connectivity index (χ4n) is 1.92. The number of nitrogens with zero attached hydrogens (tertiary/aromatic N) is 3. The molecule has 0 aliphatic heterocycles. The van der Waals surface area contributed by atoms with Gasteiger partial charge in [-0.1, -0.05) is 36.8 Å². The number of esters is 1. The molecule has 1 heterocycles. The Kier molecular flexibility index (Phi) is 5.14. The first kappa shape index (κ1) is 16.0. The van der Waals surface area contributed by atoms with Crippen LogP contribution in [0, 0.1) is 12.8 Å². The van der Waals surface area contributed by atoms with Crippen LogP contribution in [0.25, 0.3) is 0 Å². The molecular weight excluding hydrogens is 282 g/mol. The van der Waals surface area contributed by atoms with Crippen LogP contribution >= 0.6 is 0 Å². The Bertz CT molecular complexity index is 620. The average molecular weight is 303 g/mol. The van der Waals surface area contributed by atoms with E-state index in [2.05, 4.69) is 10.1 Å². The van der Waals surface area contributed by atoms with Gasteiger partial charge in [-0.05, 0) is 24.1 Å². The third kappa shape index (κ3) is 4.31. The number of carbonyl (C=O) groups is 1. The number of anilines is 1. The molecule has 1 atom stereocenters. The number of benzene rings is 1. The molecule has 0 radical (unpaired) electrons. The summed E-state index contributed by atoms with van der Waals surface area (Å²) in [4.78, 5) is 17.8. The molecule has 1 aromatic carbocycles. The normalized spacial score (nSPS) is 12.0. The molecule has 0 amide bonds. The number of hydrogen-bond donors (Lipinski definition) is 0. The summed E-state index contributed by atoms with van der Waals surface area (Å²) in [5, 5.41) is 3.76. The molecule has 0 aliphatic carbocycles. The van der Waals surface area contributed by atoms with Crippen LogP contribution < -0.4 is 4.90 Å². The number of aromatic nitrogens is 2. The number of rotatable bonds is 6. The molecule has 2 aromatic rings. The van der Waals surface area contributed by atoms with Crippen LogP contribution in [-0.4, -0.2) is 30.2 Å². The van der Waals surface area contributed by atoms with E-state index in [0.717, 1.165) is 5.56 Å². The Balaban J connectivity index is 1.84. The summed E-state index contributed by atoms with van der Waals surface area (Å²) in [5.41, 5.74) is 2.31. The van der Waals surface area contributed by atoms with Crippen molar-refractivity contribution in [3.63, 3.8) is 0 Å². The lowest BCUT2D eigenvalue weighted by molar-refractivity contribution is -0.150.